The zero-order chi connectivity index (χ0) is 25.4. The third kappa shape index (κ3) is 4.65. The summed E-state index contributed by atoms with van der Waals surface area (Å²) in [7, 11) is -3.45. The van der Waals surface area contributed by atoms with E-state index in [1.54, 1.807) is 12.1 Å². The van der Waals surface area contributed by atoms with E-state index in [1.165, 1.54) is 6.07 Å². The van der Waals surface area contributed by atoms with Crippen LogP contribution < -0.4 is 5.32 Å². The van der Waals surface area contributed by atoms with Gasteiger partial charge in [-0.3, -0.25) is 9.89 Å². The molecule has 2 N–H and O–H groups in total. The second-order valence-electron chi connectivity index (χ2n) is 9.01. The number of H-pyrrole nitrogens is 1. The average Bonchev–Trinajstić information content (AvgIpc) is 3.27. The summed E-state index contributed by atoms with van der Waals surface area (Å²) in [5.41, 5.74) is 7.02. The van der Waals surface area contributed by atoms with Crippen molar-refractivity contribution in [2.24, 2.45) is 0 Å². The Hall–Kier alpha value is -4.23. The number of rotatable bonds is 5. The van der Waals surface area contributed by atoms with Gasteiger partial charge >= 0.3 is 0 Å². The standard InChI is InChI=1S/C29H25N3O3S/c1-18-13-19(2)15-21(14-18)26-17-23(36(3,34)35)11-12-24(26)29(33)30-22-8-6-7-20(16-22)28-25-9-4-5-10-27(25)31-32-28/h4-17H,1-3H3,(H,30,33)(H,31,32). The summed E-state index contributed by atoms with van der Waals surface area (Å²) in [6.45, 7) is 3.95. The third-order valence-electron chi connectivity index (χ3n) is 6.06. The molecule has 36 heavy (non-hydrogen) atoms. The van der Waals surface area contributed by atoms with Gasteiger partial charge in [0.15, 0.2) is 9.84 Å². The van der Waals surface area contributed by atoms with E-state index in [9.17, 15) is 13.2 Å². The van der Waals surface area contributed by atoms with Crippen LogP contribution in [0.5, 0.6) is 0 Å². The van der Waals surface area contributed by atoms with Gasteiger partial charge in [0.25, 0.3) is 5.91 Å². The van der Waals surface area contributed by atoms with E-state index in [0.29, 0.717) is 16.8 Å². The maximum Gasteiger partial charge on any atom is 0.256 e. The van der Waals surface area contributed by atoms with Crippen molar-refractivity contribution < 1.29 is 13.2 Å². The molecule has 0 saturated heterocycles. The second-order valence-corrected chi connectivity index (χ2v) is 11.0. The number of para-hydroxylation sites is 1. The summed E-state index contributed by atoms with van der Waals surface area (Å²) in [6.07, 6.45) is 1.16. The summed E-state index contributed by atoms with van der Waals surface area (Å²) >= 11 is 0. The highest BCUT2D eigenvalue weighted by atomic mass is 32.2. The Bertz CT molecular complexity index is 1720. The Kier molecular flexibility index (Phi) is 5.94. The van der Waals surface area contributed by atoms with Crippen molar-refractivity contribution in [2.75, 3.05) is 11.6 Å². The fourth-order valence-electron chi connectivity index (χ4n) is 4.45. The first-order valence-electron chi connectivity index (χ1n) is 11.5. The number of aromatic nitrogens is 2. The lowest BCUT2D eigenvalue weighted by Crippen LogP contribution is -2.14. The molecular weight excluding hydrogens is 470 g/mol. The number of hydrogen-bond donors (Lipinski definition) is 2. The number of sulfone groups is 1. The first kappa shape index (κ1) is 23.5. The molecule has 0 bridgehead atoms. The smallest absolute Gasteiger partial charge is 0.256 e. The highest BCUT2D eigenvalue weighted by Crippen LogP contribution is 2.31. The Morgan fingerprint density at radius 1 is 0.833 bits per heavy atom. The quantitative estimate of drug-likeness (QED) is 0.305. The molecule has 5 aromatic rings. The lowest BCUT2D eigenvalue weighted by Gasteiger charge is -2.14. The number of aromatic amines is 1. The maximum absolute atomic E-state index is 13.5. The fraction of sp³-hybridized carbons (Fsp3) is 0.103. The summed E-state index contributed by atoms with van der Waals surface area (Å²) in [5.74, 6) is -0.326. The van der Waals surface area contributed by atoms with Crippen LogP contribution in [0.4, 0.5) is 5.69 Å². The second kappa shape index (κ2) is 9.09. The maximum atomic E-state index is 13.5. The highest BCUT2D eigenvalue weighted by Gasteiger charge is 2.18. The van der Waals surface area contributed by atoms with E-state index in [-0.39, 0.29) is 10.8 Å². The summed E-state index contributed by atoms with van der Waals surface area (Å²) < 4.78 is 24.5. The lowest BCUT2D eigenvalue weighted by atomic mass is 9.96. The van der Waals surface area contributed by atoms with Crippen molar-refractivity contribution in [3.63, 3.8) is 0 Å². The van der Waals surface area contributed by atoms with E-state index in [1.807, 2.05) is 80.6 Å². The van der Waals surface area contributed by atoms with Crippen LogP contribution in [-0.2, 0) is 9.84 Å². The van der Waals surface area contributed by atoms with Gasteiger partial charge in [-0.1, -0.05) is 59.7 Å². The molecule has 180 valence electrons. The lowest BCUT2D eigenvalue weighted by molar-refractivity contribution is 0.102. The molecule has 0 atom stereocenters. The number of carbonyl (C=O) groups excluding carboxylic acids is 1. The Morgan fingerprint density at radius 2 is 1.58 bits per heavy atom. The number of anilines is 1. The zero-order valence-corrected chi connectivity index (χ0v) is 21.0. The van der Waals surface area contributed by atoms with Gasteiger partial charge in [0.1, 0.15) is 0 Å². The number of fused-ring (bicyclic) bond motifs is 1. The van der Waals surface area contributed by atoms with Gasteiger partial charge < -0.3 is 5.32 Å². The van der Waals surface area contributed by atoms with E-state index in [2.05, 4.69) is 15.5 Å². The topological polar surface area (TPSA) is 91.9 Å². The van der Waals surface area contributed by atoms with Crippen LogP contribution in [0.1, 0.15) is 21.5 Å². The predicted molar refractivity (Wildman–Crippen MR) is 144 cm³/mol. The molecule has 1 amide bonds. The van der Waals surface area contributed by atoms with Gasteiger partial charge in [-0.25, -0.2) is 8.42 Å². The molecule has 5 rings (SSSR count). The first-order chi connectivity index (χ1) is 17.2. The molecule has 0 aliphatic heterocycles. The molecule has 0 radical (unpaired) electrons. The first-order valence-corrected chi connectivity index (χ1v) is 13.4. The predicted octanol–water partition coefficient (Wildman–Crippen LogP) is 6.17. The summed E-state index contributed by atoms with van der Waals surface area (Å²) in [6, 6.07) is 25.9. The molecule has 0 aliphatic carbocycles. The molecular formula is C29H25N3O3S. The van der Waals surface area contributed by atoms with Crippen molar-refractivity contribution in [1.82, 2.24) is 10.2 Å². The van der Waals surface area contributed by atoms with Gasteiger partial charge in [-0.2, -0.15) is 5.10 Å². The molecule has 1 aromatic heterocycles. The molecule has 6 nitrogen and oxygen atoms in total. The fourth-order valence-corrected chi connectivity index (χ4v) is 5.09. The number of nitrogens with one attached hydrogen (secondary N) is 2. The van der Waals surface area contributed by atoms with Crippen LogP contribution >= 0.6 is 0 Å². The van der Waals surface area contributed by atoms with Crippen LogP contribution in [0, 0.1) is 13.8 Å². The van der Waals surface area contributed by atoms with Gasteiger partial charge in [0, 0.05) is 28.5 Å². The minimum atomic E-state index is -3.45. The van der Waals surface area contributed by atoms with Crippen LogP contribution in [0.3, 0.4) is 0 Å². The monoisotopic (exact) mass is 495 g/mol. The van der Waals surface area contributed by atoms with E-state index < -0.39 is 9.84 Å². The molecule has 4 aromatic carbocycles. The highest BCUT2D eigenvalue weighted by molar-refractivity contribution is 7.90. The molecule has 0 aliphatic rings. The van der Waals surface area contributed by atoms with Crippen molar-refractivity contribution in [3.05, 3.63) is 102 Å². The van der Waals surface area contributed by atoms with Gasteiger partial charge in [-0.15, -0.1) is 0 Å². The summed E-state index contributed by atoms with van der Waals surface area (Å²) in [4.78, 5) is 13.6. The number of nitrogens with zero attached hydrogens (tertiary/aromatic N) is 1. The minimum absolute atomic E-state index is 0.167. The van der Waals surface area contributed by atoms with Crippen molar-refractivity contribution >= 4 is 32.3 Å². The molecule has 0 fully saturated rings. The molecule has 0 spiro atoms. The number of aryl methyl sites for hydroxylation is 2. The minimum Gasteiger partial charge on any atom is -0.322 e. The summed E-state index contributed by atoms with van der Waals surface area (Å²) in [5, 5.41) is 11.5. The Morgan fingerprint density at radius 3 is 2.33 bits per heavy atom. The van der Waals surface area contributed by atoms with Gasteiger partial charge in [0.2, 0.25) is 0 Å². The molecule has 7 heteroatoms. The third-order valence-corrected chi connectivity index (χ3v) is 7.17. The Balaban J connectivity index is 1.54. The molecule has 1 heterocycles. The van der Waals surface area contributed by atoms with Crippen LogP contribution in [-0.4, -0.2) is 30.8 Å². The van der Waals surface area contributed by atoms with Crippen LogP contribution in [0.25, 0.3) is 33.3 Å². The number of benzene rings is 4. The normalized spacial score (nSPS) is 11.5. The SMILES string of the molecule is Cc1cc(C)cc(-c2cc(S(C)(=O)=O)ccc2C(=O)Nc2cccc(-c3n[nH]c4ccccc34)c2)c1. The van der Waals surface area contributed by atoms with E-state index in [4.69, 9.17) is 0 Å². The largest absolute Gasteiger partial charge is 0.322 e. The van der Waals surface area contributed by atoms with Crippen LogP contribution in [0.15, 0.2) is 89.8 Å². The van der Waals surface area contributed by atoms with Crippen LogP contribution in [0.2, 0.25) is 0 Å². The van der Waals surface area contributed by atoms with E-state index >= 15 is 0 Å². The molecule has 0 unspecified atom stereocenters. The zero-order valence-electron chi connectivity index (χ0n) is 20.2. The Labute approximate surface area is 209 Å². The van der Waals surface area contributed by atoms with Crippen molar-refractivity contribution in [1.29, 1.82) is 0 Å². The average molecular weight is 496 g/mol. The number of hydrogen-bond acceptors (Lipinski definition) is 4. The molecule has 0 saturated carbocycles. The van der Waals surface area contributed by atoms with E-state index in [0.717, 1.165) is 45.1 Å². The van der Waals surface area contributed by atoms with Crippen molar-refractivity contribution in [2.45, 2.75) is 18.7 Å². The number of carbonyl (C=O) groups is 1. The van der Waals surface area contributed by atoms with Gasteiger partial charge in [0.05, 0.1) is 16.1 Å². The van der Waals surface area contributed by atoms with Gasteiger partial charge in [-0.05, 0) is 61.4 Å². The van der Waals surface area contributed by atoms with Crippen molar-refractivity contribution in [3.8, 4) is 22.4 Å². The number of amides is 1.